The van der Waals surface area contributed by atoms with E-state index in [2.05, 4.69) is 15.5 Å². The highest BCUT2D eigenvalue weighted by Crippen LogP contribution is 2.54. The van der Waals surface area contributed by atoms with Crippen molar-refractivity contribution in [2.45, 2.75) is 55.5 Å². The molecule has 2 atom stereocenters. The Kier molecular flexibility index (Phi) is 7.25. The molecule has 10 nitrogen and oxygen atoms in total. The van der Waals surface area contributed by atoms with Crippen molar-refractivity contribution in [1.82, 2.24) is 19.8 Å². The number of amides is 1. The van der Waals surface area contributed by atoms with Gasteiger partial charge in [0.25, 0.3) is 5.91 Å². The van der Waals surface area contributed by atoms with Crippen LogP contribution in [0.25, 0.3) is 0 Å². The summed E-state index contributed by atoms with van der Waals surface area (Å²) < 4.78 is 34.2. The van der Waals surface area contributed by atoms with Crippen LogP contribution in [0.4, 0.5) is 5.82 Å². The fourth-order valence-electron chi connectivity index (χ4n) is 4.11. The monoisotopic (exact) mass is 479 g/mol. The lowest BCUT2D eigenvalue weighted by molar-refractivity contribution is 0.0903. The molecule has 1 saturated heterocycles. The minimum atomic E-state index is -3.19. The van der Waals surface area contributed by atoms with Gasteiger partial charge >= 0.3 is 0 Å². The summed E-state index contributed by atoms with van der Waals surface area (Å²) in [6, 6.07) is 5.01. The Morgan fingerprint density at radius 3 is 2.79 bits per heavy atom. The molecule has 0 bridgehead atoms. The first kappa shape index (κ1) is 24.0. The second-order valence-corrected chi connectivity index (χ2v) is 10.8. The number of hydrogen-bond acceptors (Lipinski definition) is 9. The fourth-order valence-corrected chi connectivity index (χ4v) is 5.78. The van der Waals surface area contributed by atoms with Gasteiger partial charge in [0.05, 0.1) is 17.7 Å². The highest BCUT2D eigenvalue weighted by Gasteiger charge is 2.36. The van der Waals surface area contributed by atoms with Gasteiger partial charge in [-0.15, -0.1) is 10.8 Å². The van der Waals surface area contributed by atoms with Gasteiger partial charge in [-0.25, -0.2) is 4.98 Å². The van der Waals surface area contributed by atoms with Crippen LogP contribution in [0.5, 0.6) is 0 Å². The van der Waals surface area contributed by atoms with E-state index in [-0.39, 0.29) is 18.0 Å². The molecule has 2 aliphatic rings. The number of hydrogen-bond donors (Lipinski definition) is 3. The molecule has 1 unspecified atom stereocenters. The molecule has 33 heavy (non-hydrogen) atoms. The van der Waals surface area contributed by atoms with E-state index in [9.17, 15) is 13.9 Å². The Balaban J connectivity index is 1.34. The third-order valence-electron chi connectivity index (χ3n) is 6.28. The van der Waals surface area contributed by atoms with Crippen LogP contribution in [0.3, 0.4) is 0 Å². The van der Waals surface area contributed by atoms with Crippen LogP contribution < -0.4 is 10.2 Å². The standard InChI is InChI=1S/C22H33N5O5S/c1-15-12-17(24-22(28)19-13-20(32-25-19)16-4-5-16)8-9-27(15)33(29,30)18-6-7-21(23-14-18)26(2)10-11-31-3/h6-7,13-17,29-30H,4-5,8-12H2,1-3H3,(H,24,28)/t15?,17-/m0/s1. The molecule has 3 N–H and O–H groups in total. The molecule has 182 valence electrons. The summed E-state index contributed by atoms with van der Waals surface area (Å²) in [7, 11) is 0.370. The van der Waals surface area contributed by atoms with Gasteiger partial charge in [-0.05, 0) is 44.7 Å². The average Bonchev–Trinajstić information content (AvgIpc) is 3.53. The summed E-state index contributed by atoms with van der Waals surface area (Å²) in [5, 5.41) is 6.92. The summed E-state index contributed by atoms with van der Waals surface area (Å²) in [4.78, 5) is 19.3. The Bertz CT molecular complexity index is 949. The van der Waals surface area contributed by atoms with Crippen molar-refractivity contribution in [2.24, 2.45) is 0 Å². The number of pyridine rings is 1. The van der Waals surface area contributed by atoms with E-state index in [1.807, 2.05) is 18.9 Å². The van der Waals surface area contributed by atoms with Gasteiger partial charge in [-0.1, -0.05) is 5.16 Å². The number of carbonyl (C=O) groups excluding carboxylic acids is 1. The molecule has 0 spiro atoms. The molecule has 2 aromatic heterocycles. The lowest BCUT2D eigenvalue weighted by Crippen LogP contribution is -2.49. The number of anilines is 1. The van der Waals surface area contributed by atoms with Crippen LogP contribution in [0, 0.1) is 0 Å². The van der Waals surface area contributed by atoms with Gasteiger partial charge in [0.2, 0.25) is 0 Å². The van der Waals surface area contributed by atoms with E-state index in [1.54, 1.807) is 29.6 Å². The number of rotatable bonds is 9. The van der Waals surface area contributed by atoms with Crippen LogP contribution in [-0.2, 0) is 4.74 Å². The van der Waals surface area contributed by atoms with Crippen LogP contribution in [0.15, 0.2) is 33.8 Å². The second kappa shape index (κ2) is 9.98. The number of aromatic nitrogens is 2. The zero-order chi connectivity index (χ0) is 23.6. The number of nitrogens with one attached hydrogen (secondary N) is 1. The third-order valence-corrected chi connectivity index (χ3v) is 8.35. The molecular formula is C22H33N5O5S. The molecule has 2 fully saturated rings. The number of likely N-dealkylation sites (N-methyl/N-ethyl adjacent to an activating group) is 1. The number of methoxy groups -OCH3 is 1. The minimum absolute atomic E-state index is 0.0741. The van der Waals surface area contributed by atoms with E-state index < -0.39 is 10.8 Å². The van der Waals surface area contributed by atoms with E-state index in [4.69, 9.17) is 9.26 Å². The quantitative estimate of drug-likeness (QED) is 0.497. The molecule has 0 aromatic carbocycles. The molecule has 3 heterocycles. The predicted octanol–water partition coefficient (Wildman–Crippen LogP) is 3.34. The van der Waals surface area contributed by atoms with Crippen molar-refractivity contribution in [1.29, 1.82) is 0 Å². The maximum Gasteiger partial charge on any atom is 0.273 e. The van der Waals surface area contributed by atoms with Crippen molar-refractivity contribution >= 4 is 22.5 Å². The zero-order valence-electron chi connectivity index (χ0n) is 19.3. The van der Waals surface area contributed by atoms with Gasteiger partial charge in [0, 0.05) is 51.3 Å². The SMILES string of the molecule is COCCN(C)c1ccc(S(O)(O)N2CC[C@H](NC(=O)c3cc(C4CC4)on3)CC2C)cn1. The van der Waals surface area contributed by atoms with E-state index in [0.717, 1.165) is 24.4 Å². The second-order valence-electron chi connectivity index (χ2n) is 8.86. The van der Waals surface area contributed by atoms with Crippen molar-refractivity contribution in [2.75, 3.05) is 38.8 Å². The van der Waals surface area contributed by atoms with Gasteiger partial charge < -0.3 is 19.5 Å². The van der Waals surface area contributed by atoms with E-state index in [0.29, 0.717) is 49.0 Å². The lowest BCUT2D eigenvalue weighted by Gasteiger charge is -2.49. The third kappa shape index (κ3) is 5.49. The number of carbonyl (C=O) groups is 1. The number of ether oxygens (including phenoxy) is 1. The molecule has 4 rings (SSSR count). The lowest BCUT2D eigenvalue weighted by atomic mass is 10.0. The van der Waals surface area contributed by atoms with Gasteiger partial charge in [-0.3, -0.25) is 13.9 Å². The van der Waals surface area contributed by atoms with Gasteiger partial charge in [0.1, 0.15) is 11.6 Å². The van der Waals surface area contributed by atoms with E-state index in [1.165, 1.54) is 6.20 Å². The number of nitrogens with zero attached hydrogens (tertiary/aromatic N) is 4. The Morgan fingerprint density at radius 1 is 1.36 bits per heavy atom. The molecule has 11 heteroatoms. The maximum absolute atomic E-state index is 12.6. The van der Waals surface area contributed by atoms with Crippen molar-refractivity contribution in [3.63, 3.8) is 0 Å². The Labute approximate surface area is 195 Å². The first-order valence-corrected chi connectivity index (χ1v) is 12.8. The first-order chi connectivity index (χ1) is 15.8. The summed E-state index contributed by atoms with van der Waals surface area (Å²) in [6.45, 7) is 3.65. The molecule has 0 radical (unpaired) electrons. The van der Waals surface area contributed by atoms with Crippen LogP contribution in [0.1, 0.15) is 54.8 Å². The van der Waals surface area contributed by atoms with E-state index >= 15 is 0 Å². The van der Waals surface area contributed by atoms with Crippen molar-refractivity contribution in [3.8, 4) is 0 Å². The molecular weight excluding hydrogens is 446 g/mol. The Hall–Kier alpha value is -2.18. The predicted molar refractivity (Wildman–Crippen MR) is 126 cm³/mol. The molecule has 1 saturated carbocycles. The summed E-state index contributed by atoms with van der Waals surface area (Å²) >= 11 is 0. The van der Waals surface area contributed by atoms with Gasteiger partial charge in [-0.2, -0.15) is 4.31 Å². The number of piperidine rings is 1. The van der Waals surface area contributed by atoms with Crippen molar-refractivity contribution in [3.05, 3.63) is 35.9 Å². The molecule has 1 aliphatic heterocycles. The largest absolute Gasteiger partial charge is 0.383 e. The van der Waals surface area contributed by atoms with Crippen molar-refractivity contribution < 1.29 is 23.2 Å². The molecule has 2 aromatic rings. The smallest absolute Gasteiger partial charge is 0.273 e. The highest BCUT2D eigenvalue weighted by atomic mass is 32.3. The topological polar surface area (TPSA) is 124 Å². The first-order valence-electron chi connectivity index (χ1n) is 11.3. The fraction of sp³-hybridized carbons (Fsp3) is 0.591. The summed E-state index contributed by atoms with van der Waals surface area (Å²) in [6.07, 6.45) is 4.89. The highest BCUT2D eigenvalue weighted by molar-refractivity contribution is 8.22. The summed E-state index contributed by atoms with van der Waals surface area (Å²) in [5.41, 5.74) is 0.304. The van der Waals surface area contributed by atoms with Gasteiger partial charge in [0.15, 0.2) is 5.69 Å². The molecule has 1 amide bonds. The van der Waals surface area contributed by atoms with Crippen LogP contribution in [0.2, 0.25) is 0 Å². The normalized spacial score (nSPS) is 22.2. The van der Waals surface area contributed by atoms with Crippen LogP contribution >= 0.6 is 10.8 Å². The minimum Gasteiger partial charge on any atom is -0.383 e. The van der Waals surface area contributed by atoms with Crippen LogP contribution in [-0.4, -0.2) is 75.4 Å². The molecule has 1 aliphatic carbocycles. The zero-order valence-corrected chi connectivity index (χ0v) is 20.1. The summed E-state index contributed by atoms with van der Waals surface area (Å²) in [5.74, 6) is 1.67. The Morgan fingerprint density at radius 2 is 2.15 bits per heavy atom. The average molecular weight is 480 g/mol. The maximum atomic E-state index is 12.6.